The van der Waals surface area contributed by atoms with E-state index in [0.29, 0.717) is 43.4 Å². The Morgan fingerprint density at radius 3 is 2.48 bits per heavy atom. The summed E-state index contributed by atoms with van der Waals surface area (Å²) in [4.78, 5) is 12.7. The number of unbranched alkanes of at least 4 members (excludes halogenated alkanes) is 1. The molecule has 0 aliphatic heterocycles. The molecule has 0 saturated heterocycles. The minimum atomic E-state index is -0.215. The largest absolute Gasteiger partial charge is 0.493 e. The molecule has 0 spiro atoms. The summed E-state index contributed by atoms with van der Waals surface area (Å²) in [6.45, 7) is 6.36. The number of amides is 1. The Bertz CT molecular complexity index is 719. The summed E-state index contributed by atoms with van der Waals surface area (Å²) in [6.07, 6.45) is 1.99. The molecule has 0 saturated carbocycles. The van der Waals surface area contributed by atoms with Crippen LogP contribution in [0.3, 0.4) is 0 Å². The molecule has 0 fully saturated rings. The highest BCUT2D eigenvalue weighted by Gasteiger charge is 2.14. The molecule has 5 nitrogen and oxygen atoms in total. The van der Waals surface area contributed by atoms with Crippen molar-refractivity contribution in [3.05, 3.63) is 52.5 Å². The number of carbonyl (C=O) groups is 1. The summed E-state index contributed by atoms with van der Waals surface area (Å²) in [5, 5.41) is 2.90. The van der Waals surface area contributed by atoms with E-state index in [9.17, 15) is 4.79 Å². The molecule has 2 rings (SSSR count). The Morgan fingerprint density at radius 2 is 1.78 bits per heavy atom. The van der Waals surface area contributed by atoms with Gasteiger partial charge in [-0.3, -0.25) is 4.79 Å². The standard InChI is InChI=1S/C21H26BrNO4/c1-3-5-12-27-20-11-6-16(22)15-19(20)21(24)23-17-7-9-18(10-8-17)26-14-13-25-4-2/h6-11,15H,3-5,12-14H2,1-2H3,(H,23,24). The minimum Gasteiger partial charge on any atom is -0.493 e. The average Bonchev–Trinajstić information content (AvgIpc) is 2.67. The Labute approximate surface area is 169 Å². The van der Waals surface area contributed by atoms with Crippen LogP contribution >= 0.6 is 15.9 Å². The van der Waals surface area contributed by atoms with E-state index in [-0.39, 0.29) is 5.91 Å². The predicted molar refractivity (Wildman–Crippen MR) is 111 cm³/mol. The normalized spacial score (nSPS) is 10.5. The number of halogens is 1. The topological polar surface area (TPSA) is 56.8 Å². The molecule has 2 aromatic carbocycles. The van der Waals surface area contributed by atoms with Gasteiger partial charge in [-0.2, -0.15) is 0 Å². The molecule has 1 amide bonds. The van der Waals surface area contributed by atoms with Gasteiger partial charge in [-0.25, -0.2) is 0 Å². The SMILES string of the molecule is CCCCOc1ccc(Br)cc1C(=O)Nc1ccc(OCCOCC)cc1. The Kier molecular flexibility index (Phi) is 9.15. The molecule has 1 N–H and O–H groups in total. The van der Waals surface area contributed by atoms with Gasteiger partial charge in [-0.1, -0.05) is 29.3 Å². The van der Waals surface area contributed by atoms with Gasteiger partial charge in [-0.05, 0) is 55.8 Å². The first-order valence-electron chi connectivity index (χ1n) is 9.18. The summed E-state index contributed by atoms with van der Waals surface area (Å²) < 4.78 is 17.4. The third-order valence-electron chi connectivity index (χ3n) is 3.75. The first kappa shape index (κ1) is 21.3. The van der Waals surface area contributed by atoms with Gasteiger partial charge >= 0.3 is 0 Å². The van der Waals surface area contributed by atoms with Crippen LogP contribution in [0, 0.1) is 0 Å². The minimum absolute atomic E-state index is 0.215. The van der Waals surface area contributed by atoms with Crippen LogP contribution in [0.25, 0.3) is 0 Å². The average molecular weight is 436 g/mol. The van der Waals surface area contributed by atoms with Crippen LogP contribution in [-0.2, 0) is 4.74 Å². The van der Waals surface area contributed by atoms with Gasteiger partial charge < -0.3 is 19.5 Å². The number of benzene rings is 2. The van der Waals surface area contributed by atoms with Gasteiger partial charge in [0.2, 0.25) is 0 Å². The van der Waals surface area contributed by atoms with Crippen LogP contribution in [0.15, 0.2) is 46.9 Å². The molecule has 0 heterocycles. The van der Waals surface area contributed by atoms with Gasteiger partial charge in [0.25, 0.3) is 5.91 Å². The maximum atomic E-state index is 12.7. The zero-order valence-electron chi connectivity index (χ0n) is 15.8. The fourth-order valence-corrected chi connectivity index (χ4v) is 2.69. The maximum Gasteiger partial charge on any atom is 0.259 e. The van der Waals surface area contributed by atoms with Crippen molar-refractivity contribution in [2.45, 2.75) is 26.7 Å². The summed E-state index contributed by atoms with van der Waals surface area (Å²) in [5.41, 5.74) is 1.19. The maximum absolute atomic E-state index is 12.7. The molecule has 0 bridgehead atoms. The van der Waals surface area contributed by atoms with Gasteiger partial charge in [0, 0.05) is 16.8 Å². The third-order valence-corrected chi connectivity index (χ3v) is 4.25. The Balaban J connectivity index is 1.98. The third kappa shape index (κ3) is 7.23. The number of nitrogens with one attached hydrogen (secondary N) is 1. The lowest BCUT2D eigenvalue weighted by atomic mass is 10.1. The van der Waals surface area contributed by atoms with Crippen LogP contribution in [0.4, 0.5) is 5.69 Å². The number of anilines is 1. The van der Waals surface area contributed by atoms with Crippen molar-refractivity contribution < 1.29 is 19.0 Å². The van der Waals surface area contributed by atoms with E-state index in [4.69, 9.17) is 14.2 Å². The van der Waals surface area contributed by atoms with Crippen molar-refractivity contribution in [1.82, 2.24) is 0 Å². The Morgan fingerprint density at radius 1 is 1.00 bits per heavy atom. The second-order valence-electron chi connectivity index (χ2n) is 5.87. The van der Waals surface area contributed by atoms with Crippen LogP contribution in [0.1, 0.15) is 37.0 Å². The molecule has 146 valence electrons. The van der Waals surface area contributed by atoms with Gasteiger partial charge in [0.05, 0.1) is 18.8 Å². The molecule has 0 atom stereocenters. The second-order valence-corrected chi connectivity index (χ2v) is 6.78. The molecule has 0 unspecified atom stereocenters. The molecule has 0 radical (unpaired) electrons. The smallest absolute Gasteiger partial charge is 0.259 e. The number of ether oxygens (including phenoxy) is 3. The zero-order valence-corrected chi connectivity index (χ0v) is 17.4. The highest BCUT2D eigenvalue weighted by Crippen LogP contribution is 2.25. The molecule has 0 aliphatic rings. The van der Waals surface area contributed by atoms with Crippen molar-refractivity contribution in [1.29, 1.82) is 0 Å². The molecule has 6 heteroatoms. The first-order valence-corrected chi connectivity index (χ1v) is 9.97. The van der Waals surface area contributed by atoms with E-state index in [1.54, 1.807) is 6.07 Å². The van der Waals surface area contributed by atoms with Crippen LogP contribution in [0.5, 0.6) is 11.5 Å². The summed E-state index contributed by atoms with van der Waals surface area (Å²) in [6, 6.07) is 12.7. The van der Waals surface area contributed by atoms with Gasteiger partial charge in [0.1, 0.15) is 18.1 Å². The molecular weight excluding hydrogens is 410 g/mol. The van der Waals surface area contributed by atoms with Crippen molar-refractivity contribution in [3.63, 3.8) is 0 Å². The van der Waals surface area contributed by atoms with Crippen molar-refractivity contribution in [3.8, 4) is 11.5 Å². The highest BCUT2D eigenvalue weighted by atomic mass is 79.9. The van der Waals surface area contributed by atoms with E-state index in [2.05, 4.69) is 28.2 Å². The number of hydrogen-bond donors (Lipinski definition) is 1. The number of carbonyl (C=O) groups excluding carboxylic acids is 1. The molecular formula is C21H26BrNO4. The van der Waals surface area contributed by atoms with Crippen molar-refractivity contribution in [2.75, 3.05) is 31.7 Å². The van der Waals surface area contributed by atoms with E-state index in [1.165, 1.54) is 0 Å². The van der Waals surface area contributed by atoms with E-state index < -0.39 is 0 Å². The fraction of sp³-hybridized carbons (Fsp3) is 0.381. The summed E-state index contributed by atoms with van der Waals surface area (Å²) in [7, 11) is 0. The molecule has 27 heavy (non-hydrogen) atoms. The highest BCUT2D eigenvalue weighted by molar-refractivity contribution is 9.10. The van der Waals surface area contributed by atoms with E-state index >= 15 is 0 Å². The number of hydrogen-bond acceptors (Lipinski definition) is 4. The van der Waals surface area contributed by atoms with E-state index in [1.807, 2.05) is 43.3 Å². The lowest BCUT2D eigenvalue weighted by Gasteiger charge is -2.12. The molecule has 0 aliphatic carbocycles. The molecule has 0 aromatic heterocycles. The van der Waals surface area contributed by atoms with Crippen molar-refractivity contribution in [2.24, 2.45) is 0 Å². The van der Waals surface area contributed by atoms with Gasteiger partial charge in [-0.15, -0.1) is 0 Å². The lowest BCUT2D eigenvalue weighted by molar-refractivity contribution is 0.102. The quantitative estimate of drug-likeness (QED) is 0.486. The second kappa shape index (κ2) is 11.6. The predicted octanol–water partition coefficient (Wildman–Crippen LogP) is 5.30. The zero-order chi connectivity index (χ0) is 19.5. The fourth-order valence-electron chi connectivity index (χ4n) is 2.33. The van der Waals surface area contributed by atoms with E-state index in [0.717, 1.165) is 23.1 Å². The monoisotopic (exact) mass is 435 g/mol. The van der Waals surface area contributed by atoms with Crippen LogP contribution < -0.4 is 14.8 Å². The first-order chi connectivity index (χ1) is 13.1. The lowest BCUT2D eigenvalue weighted by Crippen LogP contribution is -2.14. The van der Waals surface area contributed by atoms with Gasteiger partial charge in [0.15, 0.2) is 0 Å². The Hall–Kier alpha value is -2.05. The molecule has 2 aromatic rings. The van der Waals surface area contributed by atoms with Crippen LogP contribution in [-0.4, -0.2) is 32.3 Å². The van der Waals surface area contributed by atoms with Crippen LogP contribution in [0.2, 0.25) is 0 Å². The summed E-state index contributed by atoms with van der Waals surface area (Å²) in [5.74, 6) is 1.10. The van der Waals surface area contributed by atoms with Crippen molar-refractivity contribution >= 4 is 27.5 Å². The number of rotatable bonds is 11. The summed E-state index contributed by atoms with van der Waals surface area (Å²) >= 11 is 3.41.